The highest BCUT2D eigenvalue weighted by Crippen LogP contribution is 2.25. The van der Waals surface area contributed by atoms with E-state index in [1.54, 1.807) is 0 Å². The molecule has 0 saturated carbocycles. The van der Waals surface area contributed by atoms with Crippen molar-refractivity contribution in [2.45, 2.75) is 33.1 Å². The number of hydrogen-bond acceptors (Lipinski definition) is 4. The summed E-state index contributed by atoms with van der Waals surface area (Å²) in [7, 11) is -1.88. The minimum Gasteiger partial charge on any atom is -0.258 e. The van der Waals surface area contributed by atoms with Gasteiger partial charge in [-0.3, -0.25) is 10.1 Å². The molecule has 138 valence electrons. The Morgan fingerprint density at radius 3 is 2.38 bits per heavy atom. The van der Waals surface area contributed by atoms with Crippen LogP contribution in [0.4, 0.5) is 18.9 Å². The summed E-state index contributed by atoms with van der Waals surface area (Å²) in [6, 6.07) is 1.58. The number of nitrogens with zero attached hydrogens (tertiary/aromatic N) is 4. The second-order valence-corrected chi connectivity index (χ2v) is 11.2. The van der Waals surface area contributed by atoms with Crippen molar-refractivity contribution in [1.82, 2.24) is 14.3 Å². The first-order valence-corrected chi connectivity index (χ1v) is 10.9. The molecule has 0 aliphatic rings. The van der Waals surface area contributed by atoms with Gasteiger partial charge in [-0.25, -0.2) is 13.8 Å². The van der Waals surface area contributed by atoms with Gasteiger partial charge < -0.3 is 0 Å². The smallest absolute Gasteiger partial charge is 0.258 e. The average molecular weight is 384 g/mol. The summed E-state index contributed by atoms with van der Waals surface area (Å²) in [4.78, 5) is 22.6. The van der Waals surface area contributed by atoms with Crippen LogP contribution in [0.5, 0.6) is 0 Å². The number of alkyl halides is 2. The summed E-state index contributed by atoms with van der Waals surface area (Å²) in [6.07, 6.45) is 0. The normalized spacial score (nSPS) is 11.4. The maximum Gasteiger partial charge on any atom is 0.355 e. The van der Waals surface area contributed by atoms with Gasteiger partial charge in [0.15, 0.2) is 5.82 Å². The van der Waals surface area contributed by atoms with E-state index in [4.69, 9.17) is 0 Å². The second kappa shape index (κ2) is 6.79. The van der Waals surface area contributed by atoms with Crippen molar-refractivity contribution >= 4 is 13.8 Å². The third-order valence-electron chi connectivity index (χ3n) is 3.24. The SMILES string of the molecule is Cc1nn(-c2cc([N+](=O)[O-])c(C#C[Si](C)(C)C)cc2F)c(=O)n1C(F)F. The van der Waals surface area contributed by atoms with Gasteiger partial charge in [-0.05, 0) is 13.0 Å². The number of aromatic nitrogens is 3. The lowest BCUT2D eigenvalue weighted by atomic mass is 10.1. The number of benzene rings is 1. The topological polar surface area (TPSA) is 83.0 Å². The van der Waals surface area contributed by atoms with Gasteiger partial charge >= 0.3 is 12.2 Å². The summed E-state index contributed by atoms with van der Waals surface area (Å²) >= 11 is 0. The molecule has 0 atom stereocenters. The lowest BCUT2D eigenvalue weighted by molar-refractivity contribution is -0.385. The number of hydrogen-bond donors (Lipinski definition) is 0. The quantitative estimate of drug-likeness (QED) is 0.352. The zero-order chi connectivity index (χ0) is 19.8. The Kier molecular flexibility index (Phi) is 5.08. The van der Waals surface area contributed by atoms with E-state index in [-0.39, 0.29) is 16.0 Å². The predicted octanol–water partition coefficient (Wildman–Crippen LogP) is 3.01. The van der Waals surface area contributed by atoms with Gasteiger partial charge in [0, 0.05) is 6.07 Å². The number of nitro benzene ring substituents is 1. The molecule has 0 unspecified atom stereocenters. The van der Waals surface area contributed by atoms with Crippen LogP contribution < -0.4 is 5.69 Å². The summed E-state index contributed by atoms with van der Waals surface area (Å²) in [5.74, 6) is 1.22. The molecule has 0 fully saturated rings. The third kappa shape index (κ3) is 3.85. The fourth-order valence-corrected chi connectivity index (χ4v) is 2.59. The van der Waals surface area contributed by atoms with Crippen molar-refractivity contribution in [3.05, 3.63) is 49.9 Å². The predicted molar refractivity (Wildman–Crippen MR) is 90.7 cm³/mol. The monoisotopic (exact) mass is 384 g/mol. The molecule has 0 amide bonds. The molecule has 2 rings (SSSR count). The van der Waals surface area contributed by atoms with Gasteiger partial charge in [0.05, 0.1) is 4.92 Å². The van der Waals surface area contributed by atoms with E-state index in [0.717, 1.165) is 19.1 Å². The molecular weight excluding hydrogens is 369 g/mol. The molecule has 2 aromatic rings. The molecule has 26 heavy (non-hydrogen) atoms. The van der Waals surface area contributed by atoms with Crippen LogP contribution in [0.1, 0.15) is 17.9 Å². The molecule has 7 nitrogen and oxygen atoms in total. The van der Waals surface area contributed by atoms with Gasteiger partial charge in [0.25, 0.3) is 5.69 Å². The van der Waals surface area contributed by atoms with Crippen LogP contribution in [0.3, 0.4) is 0 Å². The fraction of sp³-hybridized carbons (Fsp3) is 0.333. The van der Waals surface area contributed by atoms with Crippen LogP contribution in [-0.2, 0) is 0 Å². The first-order chi connectivity index (χ1) is 11.9. The average Bonchev–Trinajstić information content (AvgIpc) is 2.78. The summed E-state index contributed by atoms with van der Waals surface area (Å²) < 4.78 is 40.7. The van der Waals surface area contributed by atoms with Crippen LogP contribution in [-0.4, -0.2) is 27.3 Å². The van der Waals surface area contributed by atoms with Crippen LogP contribution in [0.25, 0.3) is 5.69 Å². The first kappa shape index (κ1) is 19.5. The maximum atomic E-state index is 14.4. The Hall–Kier alpha value is -2.87. The Labute approximate surface area is 147 Å². The van der Waals surface area contributed by atoms with Crippen molar-refractivity contribution < 1.29 is 18.1 Å². The van der Waals surface area contributed by atoms with Crippen LogP contribution in [0.2, 0.25) is 19.6 Å². The van der Waals surface area contributed by atoms with E-state index in [9.17, 15) is 28.1 Å². The van der Waals surface area contributed by atoms with Crippen molar-refractivity contribution in [1.29, 1.82) is 0 Å². The first-order valence-electron chi connectivity index (χ1n) is 7.40. The molecule has 0 radical (unpaired) electrons. The molecule has 0 aliphatic carbocycles. The van der Waals surface area contributed by atoms with Crippen molar-refractivity contribution in [2.24, 2.45) is 0 Å². The van der Waals surface area contributed by atoms with Crippen molar-refractivity contribution in [3.63, 3.8) is 0 Å². The number of halogens is 3. The molecule has 1 aromatic carbocycles. The molecule has 11 heteroatoms. The minimum atomic E-state index is -3.17. The molecule has 0 bridgehead atoms. The molecule has 0 saturated heterocycles. The van der Waals surface area contributed by atoms with Gasteiger partial charge in [-0.2, -0.15) is 13.5 Å². The Morgan fingerprint density at radius 2 is 1.92 bits per heavy atom. The zero-order valence-electron chi connectivity index (χ0n) is 14.4. The van der Waals surface area contributed by atoms with E-state index < -0.39 is 42.4 Å². The minimum absolute atomic E-state index is 0.0597. The van der Waals surface area contributed by atoms with Crippen LogP contribution >= 0.6 is 0 Å². The summed E-state index contributed by atoms with van der Waals surface area (Å²) in [6.45, 7) is 3.71. The van der Waals surface area contributed by atoms with E-state index in [2.05, 4.69) is 16.6 Å². The van der Waals surface area contributed by atoms with E-state index in [1.807, 2.05) is 19.6 Å². The molecule has 0 N–H and O–H groups in total. The Balaban J connectivity index is 2.72. The Morgan fingerprint density at radius 1 is 1.31 bits per heavy atom. The van der Waals surface area contributed by atoms with Gasteiger partial charge in [-0.1, -0.05) is 25.6 Å². The lowest BCUT2D eigenvalue weighted by Gasteiger charge is -2.06. The van der Waals surface area contributed by atoms with Gasteiger partial charge in [0.1, 0.15) is 25.1 Å². The zero-order valence-corrected chi connectivity index (χ0v) is 15.4. The highest BCUT2D eigenvalue weighted by Gasteiger charge is 2.24. The van der Waals surface area contributed by atoms with E-state index in [0.29, 0.717) is 4.68 Å². The second-order valence-electron chi connectivity index (χ2n) is 6.47. The highest BCUT2D eigenvalue weighted by atomic mass is 28.3. The lowest BCUT2D eigenvalue weighted by Crippen LogP contribution is -2.25. The Bertz CT molecular complexity index is 997. The van der Waals surface area contributed by atoms with Gasteiger partial charge in [0.2, 0.25) is 0 Å². The third-order valence-corrected chi connectivity index (χ3v) is 4.11. The molecule has 0 spiro atoms. The molecule has 1 aromatic heterocycles. The number of aryl methyl sites for hydroxylation is 1. The highest BCUT2D eigenvalue weighted by molar-refractivity contribution is 6.83. The van der Waals surface area contributed by atoms with E-state index >= 15 is 0 Å². The fourth-order valence-electron chi connectivity index (χ4n) is 2.08. The van der Waals surface area contributed by atoms with Crippen molar-refractivity contribution in [2.75, 3.05) is 0 Å². The molecule has 0 aliphatic heterocycles. The van der Waals surface area contributed by atoms with Crippen LogP contribution in [0.15, 0.2) is 16.9 Å². The number of rotatable bonds is 3. The molecular formula is C15H15F3N4O3Si. The number of nitro groups is 1. The largest absolute Gasteiger partial charge is 0.355 e. The van der Waals surface area contributed by atoms with Crippen LogP contribution in [0, 0.1) is 34.3 Å². The maximum absolute atomic E-state index is 14.4. The van der Waals surface area contributed by atoms with Crippen molar-refractivity contribution in [3.8, 4) is 17.2 Å². The summed E-state index contributed by atoms with van der Waals surface area (Å²) in [5.41, 5.74) is 0.301. The summed E-state index contributed by atoms with van der Waals surface area (Å²) in [5, 5.41) is 14.9. The van der Waals surface area contributed by atoms with Gasteiger partial charge in [-0.15, -0.1) is 10.6 Å². The standard InChI is InChI=1S/C15H15F3N4O3Si/c1-9-19-21(15(23)20(9)14(17)18)13-8-12(22(24)25)10(7-11(13)16)5-6-26(2,3)4/h7-8,14H,1-4H3. The molecule has 1 heterocycles. The van der Waals surface area contributed by atoms with E-state index in [1.165, 1.54) is 0 Å².